The van der Waals surface area contributed by atoms with E-state index in [1.54, 1.807) is 6.07 Å². The van der Waals surface area contributed by atoms with Crippen LogP contribution >= 0.6 is 0 Å². The summed E-state index contributed by atoms with van der Waals surface area (Å²) in [5.74, 6) is -0.901. The van der Waals surface area contributed by atoms with Crippen molar-refractivity contribution in [1.29, 1.82) is 0 Å². The molecule has 9 heteroatoms. The number of alkyl halides is 3. The molecule has 0 spiro atoms. The molecule has 1 aliphatic heterocycles. The van der Waals surface area contributed by atoms with Crippen LogP contribution < -0.4 is 10.6 Å². The SMILES string of the molecule is CN(C(=O)C1=C(C=O)CNC=C1)C(c1ccc(NC2Cc3ccccc3C2(C)C)cn1)C(F)(F)F. The van der Waals surface area contributed by atoms with Gasteiger partial charge in [0.1, 0.15) is 6.29 Å². The number of nitrogens with zero attached hydrogens (tertiary/aromatic N) is 2. The molecule has 4 rings (SSSR count). The lowest BCUT2D eigenvalue weighted by Crippen LogP contribution is -2.41. The summed E-state index contributed by atoms with van der Waals surface area (Å²) in [5.41, 5.74) is 2.64. The Morgan fingerprint density at radius 1 is 1.26 bits per heavy atom. The number of pyridine rings is 1. The van der Waals surface area contributed by atoms with E-state index in [1.165, 1.54) is 35.7 Å². The lowest BCUT2D eigenvalue weighted by molar-refractivity contribution is -0.188. The molecule has 0 radical (unpaired) electrons. The maximum absolute atomic E-state index is 14.1. The molecule has 1 amide bonds. The van der Waals surface area contributed by atoms with E-state index in [2.05, 4.69) is 41.6 Å². The van der Waals surface area contributed by atoms with Gasteiger partial charge < -0.3 is 15.5 Å². The minimum Gasteiger partial charge on any atom is -0.387 e. The standard InChI is InChI=1S/C26H27F3N4O2/c1-25(2)20-7-5-4-6-16(20)12-22(25)32-18-8-9-21(31-14-18)23(26(27,28)29)33(3)24(35)19-10-11-30-13-17(19)15-34/h4-11,14-15,22-23,30,32H,12-13H2,1-3H3. The number of amides is 1. The molecule has 2 aliphatic rings. The van der Waals surface area contributed by atoms with Crippen molar-refractivity contribution in [1.82, 2.24) is 15.2 Å². The summed E-state index contributed by atoms with van der Waals surface area (Å²) in [6.07, 6.45) is 0.608. The van der Waals surface area contributed by atoms with Gasteiger partial charge in [0.25, 0.3) is 5.91 Å². The number of aromatic nitrogens is 1. The van der Waals surface area contributed by atoms with Crippen molar-refractivity contribution >= 4 is 17.9 Å². The van der Waals surface area contributed by atoms with Crippen molar-refractivity contribution in [3.8, 4) is 0 Å². The van der Waals surface area contributed by atoms with Crippen molar-refractivity contribution in [2.24, 2.45) is 0 Å². The van der Waals surface area contributed by atoms with Crippen LogP contribution in [0.15, 0.2) is 66.0 Å². The maximum atomic E-state index is 14.1. The van der Waals surface area contributed by atoms with Gasteiger partial charge in [-0.1, -0.05) is 38.1 Å². The van der Waals surface area contributed by atoms with Crippen molar-refractivity contribution < 1.29 is 22.8 Å². The van der Waals surface area contributed by atoms with Crippen LogP contribution in [0.3, 0.4) is 0 Å². The molecule has 2 aromatic rings. The number of halogens is 3. The van der Waals surface area contributed by atoms with E-state index in [-0.39, 0.29) is 34.8 Å². The third-order valence-electron chi connectivity index (χ3n) is 6.81. The number of carbonyl (C=O) groups is 2. The molecular weight excluding hydrogens is 457 g/mol. The number of rotatable bonds is 6. The zero-order valence-electron chi connectivity index (χ0n) is 19.7. The predicted molar refractivity (Wildman–Crippen MR) is 127 cm³/mol. The first kappa shape index (κ1) is 24.5. The predicted octanol–water partition coefficient (Wildman–Crippen LogP) is 4.07. The first-order valence-electron chi connectivity index (χ1n) is 11.3. The minimum absolute atomic E-state index is 0.0515. The van der Waals surface area contributed by atoms with Gasteiger partial charge in [0, 0.05) is 36.2 Å². The number of dihydropyridines is 1. The number of likely N-dealkylation sites (N-methyl/N-ethyl adjacent to an activating group) is 1. The Kier molecular flexibility index (Phi) is 6.44. The van der Waals surface area contributed by atoms with E-state index >= 15 is 0 Å². The molecule has 1 aromatic heterocycles. The number of aldehydes is 1. The fourth-order valence-corrected chi connectivity index (χ4v) is 4.79. The number of nitrogens with one attached hydrogen (secondary N) is 2. The highest BCUT2D eigenvalue weighted by atomic mass is 19.4. The molecule has 2 unspecified atom stereocenters. The van der Waals surface area contributed by atoms with Gasteiger partial charge in [-0.15, -0.1) is 0 Å². The first-order chi connectivity index (χ1) is 16.5. The summed E-state index contributed by atoms with van der Waals surface area (Å²) in [7, 11) is 1.07. The van der Waals surface area contributed by atoms with Crippen LogP contribution in [0, 0.1) is 0 Å². The van der Waals surface area contributed by atoms with E-state index in [0.717, 1.165) is 13.5 Å². The molecule has 0 saturated heterocycles. The fourth-order valence-electron chi connectivity index (χ4n) is 4.79. The molecule has 1 aliphatic carbocycles. The van der Waals surface area contributed by atoms with E-state index in [4.69, 9.17) is 0 Å². The molecule has 2 N–H and O–H groups in total. The summed E-state index contributed by atoms with van der Waals surface area (Å²) >= 11 is 0. The molecule has 1 aromatic carbocycles. The average Bonchev–Trinajstić information content (AvgIpc) is 3.08. The lowest BCUT2D eigenvalue weighted by atomic mass is 9.83. The maximum Gasteiger partial charge on any atom is 0.414 e. The van der Waals surface area contributed by atoms with E-state index < -0.39 is 18.1 Å². The fraction of sp³-hybridized carbons (Fsp3) is 0.346. The summed E-state index contributed by atoms with van der Waals surface area (Å²) in [4.78, 5) is 28.8. The van der Waals surface area contributed by atoms with Gasteiger partial charge in [0.05, 0.1) is 17.6 Å². The zero-order valence-corrected chi connectivity index (χ0v) is 19.7. The lowest BCUT2D eigenvalue weighted by Gasteiger charge is -2.31. The number of fused-ring (bicyclic) bond motifs is 1. The molecule has 35 heavy (non-hydrogen) atoms. The summed E-state index contributed by atoms with van der Waals surface area (Å²) < 4.78 is 42.2. The average molecular weight is 485 g/mol. The monoisotopic (exact) mass is 484 g/mol. The summed E-state index contributed by atoms with van der Waals surface area (Å²) in [6.45, 7) is 4.34. The number of carbonyl (C=O) groups excluding carboxylic acids is 2. The normalized spacial score (nSPS) is 19.5. The molecule has 0 bridgehead atoms. The van der Waals surface area contributed by atoms with Gasteiger partial charge in [-0.3, -0.25) is 14.6 Å². The molecule has 0 fully saturated rings. The Bertz CT molecular complexity index is 1190. The highest BCUT2D eigenvalue weighted by Crippen LogP contribution is 2.41. The molecule has 184 valence electrons. The Labute approximate surface area is 201 Å². The zero-order chi connectivity index (χ0) is 25.4. The van der Waals surface area contributed by atoms with Crippen LogP contribution in [0.1, 0.15) is 36.7 Å². The number of hydrogen-bond donors (Lipinski definition) is 2. The van der Waals surface area contributed by atoms with Crippen LogP contribution in [0.2, 0.25) is 0 Å². The van der Waals surface area contributed by atoms with Gasteiger partial charge in [0.15, 0.2) is 6.04 Å². The summed E-state index contributed by atoms with van der Waals surface area (Å²) in [6, 6.07) is 8.81. The van der Waals surface area contributed by atoms with E-state index in [0.29, 0.717) is 16.9 Å². The third kappa shape index (κ3) is 4.67. The summed E-state index contributed by atoms with van der Waals surface area (Å²) in [5, 5.41) is 6.18. The topological polar surface area (TPSA) is 74.3 Å². The molecule has 2 atom stereocenters. The second-order valence-corrected chi connectivity index (χ2v) is 9.38. The van der Waals surface area contributed by atoms with Crippen molar-refractivity contribution in [2.45, 2.75) is 43.9 Å². The second kappa shape index (κ2) is 9.20. The van der Waals surface area contributed by atoms with Crippen LogP contribution in [-0.2, 0) is 21.4 Å². The van der Waals surface area contributed by atoms with Gasteiger partial charge in [-0.25, -0.2) is 0 Å². The third-order valence-corrected chi connectivity index (χ3v) is 6.81. The smallest absolute Gasteiger partial charge is 0.387 e. The highest BCUT2D eigenvalue weighted by Gasteiger charge is 2.47. The Morgan fingerprint density at radius 3 is 2.63 bits per heavy atom. The highest BCUT2D eigenvalue weighted by molar-refractivity contribution is 6.02. The van der Waals surface area contributed by atoms with Crippen LogP contribution in [0.4, 0.5) is 18.9 Å². The Balaban J connectivity index is 1.56. The number of anilines is 1. The second-order valence-electron chi connectivity index (χ2n) is 9.38. The van der Waals surface area contributed by atoms with Crippen LogP contribution in [-0.4, -0.2) is 47.9 Å². The number of hydrogen-bond acceptors (Lipinski definition) is 5. The van der Waals surface area contributed by atoms with Gasteiger partial charge in [-0.05, 0) is 42.0 Å². The molecular formula is C26H27F3N4O2. The van der Waals surface area contributed by atoms with Crippen molar-refractivity contribution in [3.05, 3.63) is 82.8 Å². The minimum atomic E-state index is -4.76. The van der Waals surface area contributed by atoms with Gasteiger partial charge >= 0.3 is 6.18 Å². The van der Waals surface area contributed by atoms with E-state index in [1.807, 2.05) is 12.1 Å². The largest absolute Gasteiger partial charge is 0.414 e. The Hall–Kier alpha value is -3.62. The van der Waals surface area contributed by atoms with Crippen LogP contribution in [0.5, 0.6) is 0 Å². The molecule has 6 nitrogen and oxygen atoms in total. The van der Waals surface area contributed by atoms with E-state index in [9.17, 15) is 22.8 Å². The van der Waals surface area contributed by atoms with Crippen molar-refractivity contribution in [3.63, 3.8) is 0 Å². The molecule has 2 heterocycles. The van der Waals surface area contributed by atoms with Crippen molar-refractivity contribution in [2.75, 3.05) is 18.9 Å². The first-order valence-corrected chi connectivity index (χ1v) is 11.3. The van der Waals surface area contributed by atoms with Gasteiger partial charge in [0.2, 0.25) is 0 Å². The number of benzene rings is 1. The van der Waals surface area contributed by atoms with Crippen LogP contribution in [0.25, 0.3) is 0 Å². The van der Waals surface area contributed by atoms with Gasteiger partial charge in [-0.2, -0.15) is 13.2 Å². The molecule has 0 saturated carbocycles. The Morgan fingerprint density at radius 2 is 2.00 bits per heavy atom. The quantitative estimate of drug-likeness (QED) is 0.605.